The molecule has 0 saturated heterocycles. The van der Waals surface area contributed by atoms with Crippen LogP contribution in [0, 0.1) is 0 Å². The third-order valence-electron chi connectivity index (χ3n) is 9.63. The molecular formula is C48H33N. The Hall–Kier alpha value is -6.44. The van der Waals surface area contributed by atoms with Gasteiger partial charge in [-0.3, -0.25) is 0 Å². The molecule has 49 heavy (non-hydrogen) atoms. The van der Waals surface area contributed by atoms with E-state index in [0.29, 0.717) is 0 Å². The molecule has 0 unspecified atom stereocenters. The summed E-state index contributed by atoms with van der Waals surface area (Å²) in [7, 11) is 0. The SMILES string of the molecule is c1ccc(-c2ccc(N(c3ccccc3)c3ccc(-c4cc5ccc6ccccc6c5c5ccccc45)cc3)c(-c3ccccc3)c2)cc1. The van der Waals surface area contributed by atoms with E-state index in [1.54, 1.807) is 0 Å². The number of rotatable bonds is 6. The zero-order valence-electron chi connectivity index (χ0n) is 27.0. The Morgan fingerprint density at radius 3 is 1.55 bits per heavy atom. The second-order valence-electron chi connectivity index (χ2n) is 12.5. The van der Waals surface area contributed by atoms with Gasteiger partial charge >= 0.3 is 0 Å². The van der Waals surface area contributed by atoms with Crippen molar-refractivity contribution in [3.8, 4) is 33.4 Å². The second kappa shape index (κ2) is 12.3. The summed E-state index contributed by atoms with van der Waals surface area (Å²) in [6.07, 6.45) is 0. The number of anilines is 3. The standard InChI is InChI=1S/C48H33N/c1-4-14-34(15-5-1)38-28-31-47(46(32-38)35-16-6-2-7-17-35)49(40-19-8-3-9-20-40)41-29-26-37(27-30-41)45-33-39-25-24-36-18-10-11-21-42(36)48(39)44-23-13-12-22-43(44)45/h1-33H. The molecule has 0 bridgehead atoms. The van der Waals surface area contributed by atoms with Gasteiger partial charge in [-0.05, 0) is 103 Å². The molecule has 230 valence electrons. The number of hydrogen-bond acceptors (Lipinski definition) is 1. The van der Waals surface area contributed by atoms with Crippen LogP contribution in [0.2, 0.25) is 0 Å². The van der Waals surface area contributed by atoms with Gasteiger partial charge in [-0.15, -0.1) is 0 Å². The van der Waals surface area contributed by atoms with Gasteiger partial charge in [0.2, 0.25) is 0 Å². The van der Waals surface area contributed by atoms with Gasteiger partial charge in [0, 0.05) is 16.9 Å². The maximum Gasteiger partial charge on any atom is 0.0540 e. The Balaban J connectivity index is 1.21. The van der Waals surface area contributed by atoms with Crippen LogP contribution < -0.4 is 4.90 Å². The summed E-state index contributed by atoms with van der Waals surface area (Å²) < 4.78 is 0. The summed E-state index contributed by atoms with van der Waals surface area (Å²) in [5.74, 6) is 0. The van der Waals surface area contributed by atoms with E-state index in [4.69, 9.17) is 0 Å². The quantitative estimate of drug-likeness (QED) is 0.167. The average Bonchev–Trinajstić information content (AvgIpc) is 3.19. The molecule has 0 aromatic heterocycles. The lowest BCUT2D eigenvalue weighted by Gasteiger charge is -2.28. The second-order valence-corrected chi connectivity index (χ2v) is 12.5. The first-order valence-electron chi connectivity index (χ1n) is 16.9. The lowest BCUT2D eigenvalue weighted by Crippen LogP contribution is -2.11. The van der Waals surface area contributed by atoms with Crippen LogP contribution in [0.3, 0.4) is 0 Å². The van der Waals surface area contributed by atoms with Crippen LogP contribution in [0.5, 0.6) is 0 Å². The monoisotopic (exact) mass is 623 g/mol. The first kappa shape index (κ1) is 28.8. The molecule has 0 heterocycles. The lowest BCUT2D eigenvalue weighted by molar-refractivity contribution is 1.28. The number of fused-ring (bicyclic) bond motifs is 5. The van der Waals surface area contributed by atoms with Gasteiger partial charge < -0.3 is 4.90 Å². The zero-order chi connectivity index (χ0) is 32.6. The van der Waals surface area contributed by atoms with Crippen molar-refractivity contribution in [2.75, 3.05) is 4.90 Å². The van der Waals surface area contributed by atoms with Crippen LogP contribution in [-0.4, -0.2) is 0 Å². The predicted octanol–water partition coefficient (Wildman–Crippen LogP) is 13.6. The number of para-hydroxylation sites is 1. The Morgan fingerprint density at radius 1 is 0.286 bits per heavy atom. The molecule has 0 aliphatic heterocycles. The van der Waals surface area contributed by atoms with Crippen molar-refractivity contribution < 1.29 is 0 Å². The summed E-state index contributed by atoms with van der Waals surface area (Å²) in [4.78, 5) is 2.38. The average molecular weight is 624 g/mol. The summed E-state index contributed by atoms with van der Waals surface area (Å²) >= 11 is 0. The third-order valence-corrected chi connectivity index (χ3v) is 9.63. The highest BCUT2D eigenvalue weighted by atomic mass is 15.1. The van der Waals surface area contributed by atoms with E-state index < -0.39 is 0 Å². The molecule has 1 heteroatoms. The van der Waals surface area contributed by atoms with Crippen LogP contribution in [-0.2, 0) is 0 Å². The Labute approximate surface area is 287 Å². The predicted molar refractivity (Wildman–Crippen MR) is 210 cm³/mol. The van der Waals surface area contributed by atoms with Crippen LogP contribution in [0.25, 0.3) is 65.7 Å². The maximum absolute atomic E-state index is 2.38. The van der Waals surface area contributed by atoms with Gasteiger partial charge in [-0.1, -0.05) is 158 Å². The Kier molecular flexibility index (Phi) is 7.22. The van der Waals surface area contributed by atoms with E-state index >= 15 is 0 Å². The summed E-state index contributed by atoms with van der Waals surface area (Å²) in [5, 5.41) is 7.69. The molecule has 9 aromatic rings. The molecule has 0 atom stereocenters. The fraction of sp³-hybridized carbons (Fsp3) is 0. The van der Waals surface area contributed by atoms with E-state index in [1.165, 1.54) is 65.7 Å². The molecule has 0 aliphatic rings. The van der Waals surface area contributed by atoms with Gasteiger partial charge in [-0.2, -0.15) is 0 Å². The van der Waals surface area contributed by atoms with Crippen LogP contribution in [0.1, 0.15) is 0 Å². The van der Waals surface area contributed by atoms with E-state index in [1.807, 2.05) is 0 Å². The molecular weight excluding hydrogens is 591 g/mol. The minimum Gasteiger partial charge on any atom is -0.310 e. The number of nitrogens with zero attached hydrogens (tertiary/aromatic N) is 1. The molecule has 0 N–H and O–H groups in total. The van der Waals surface area contributed by atoms with Gasteiger partial charge in [0.25, 0.3) is 0 Å². The molecule has 0 spiro atoms. The minimum atomic E-state index is 1.11. The molecule has 0 saturated carbocycles. The third kappa shape index (κ3) is 5.23. The summed E-state index contributed by atoms with van der Waals surface area (Å²) in [5.41, 5.74) is 10.6. The van der Waals surface area contributed by atoms with E-state index in [2.05, 4.69) is 205 Å². The highest BCUT2D eigenvalue weighted by molar-refractivity contribution is 6.23. The summed E-state index contributed by atoms with van der Waals surface area (Å²) in [6, 6.07) is 72.4. The van der Waals surface area contributed by atoms with E-state index in [0.717, 1.165) is 17.1 Å². The van der Waals surface area contributed by atoms with Gasteiger partial charge in [0.05, 0.1) is 5.69 Å². The van der Waals surface area contributed by atoms with Crippen LogP contribution >= 0.6 is 0 Å². The van der Waals surface area contributed by atoms with Gasteiger partial charge in [0.1, 0.15) is 0 Å². The molecule has 0 fully saturated rings. The van der Waals surface area contributed by atoms with Crippen molar-refractivity contribution in [1.29, 1.82) is 0 Å². The fourth-order valence-electron chi connectivity index (χ4n) is 7.30. The molecule has 0 radical (unpaired) electrons. The molecule has 1 nitrogen and oxygen atoms in total. The van der Waals surface area contributed by atoms with Crippen LogP contribution in [0.4, 0.5) is 17.1 Å². The smallest absolute Gasteiger partial charge is 0.0540 e. The van der Waals surface area contributed by atoms with Crippen molar-refractivity contribution >= 4 is 49.4 Å². The fourth-order valence-corrected chi connectivity index (χ4v) is 7.30. The zero-order valence-corrected chi connectivity index (χ0v) is 27.0. The van der Waals surface area contributed by atoms with Gasteiger partial charge in [0.15, 0.2) is 0 Å². The van der Waals surface area contributed by atoms with Gasteiger partial charge in [-0.25, -0.2) is 0 Å². The maximum atomic E-state index is 2.38. The minimum absolute atomic E-state index is 1.11. The molecule has 9 aromatic carbocycles. The van der Waals surface area contributed by atoms with Crippen molar-refractivity contribution in [1.82, 2.24) is 0 Å². The summed E-state index contributed by atoms with van der Waals surface area (Å²) in [6.45, 7) is 0. The molecule has 0 aliphatic carbocycles. The number of benzene rings is 9. The first-order chi connectivity index (χ1) is 24.3. The normalized spacial score (nSPS) is 11.3. The lowest BCUT2D eigenvalue weighted by atomic mass is 9.90. The van der Waals surface area contributed by atoms with Crippen molar-refractivity contribution in [3.63, 3.8) is 0 Å². The van der Waals surface area contributed by atoms with Crippen molar-refractivity contribution in [3.05, 3.63) is 200 Å². The number of hydrogen-bond donors (Lipinski definition) is 0. The Morgan fingerprint density at radius 2 is 0.816 bits per heavy atom. The molecule has 0 amide bonds. The van der Waals surface area contributed by atoms with E-state index in [9.17, 15) is 0 Å². The largest absolute Gasteiger partial charge is 0.310 e. The molecule has 9 rings (SSSR count). The van der Waals surface area contributed by atoms with E-state index in [-0.39, 0.29) is 0 Å². The van der Waals surface area contributed by atoms with Crippen molar-refractivity contribution in [2.24, 2.45) is 0 Å². The van der Waals surface area contributed by atoms with Crippen molar-refractivity contribution in [2.45, 2.75) is 0 Å². The van der Waals surface area contributed by atoms with Crippen LogP contribution in [0.15, 0.2) is 200 Å². The highest BCUT2D eigenvalue weighted by Gasteiger charge is 2.19. The highest BCUT2D eigenvalue weighted by Crippen LogP contribution is 2.44. The Bertz CT molecular complexity index is 2570. The topological polar surface area (TPSA) is 3.24 Å². The first-order valence-corrected chi connectivity index (χ1v) is 16.9.